The molecule has 4 aromatic rings. The number of hydrogen-bond donors (Lipinski definition) is 1. The smallest absolute Gasteiger partial charge is 0.154 e. The van der Waals surface area contributed by atoms with Gasteiger partial charge in [0.15, 0.2) is 5.82 Å². The van der Waals surface area contributed by atoms with Gasteiger partial charge in [-0.2, -0.15) is 0 Å². The van der Waals surface area contributed by atoms with E-state index in [1.807, 2.05) is 43.1 Å². The molecule has 0 unspecified atom stereocenters. The average Bonchev–Trinajstić information content (AvgIpc) is 3.36. The molecule has 0 aliphatic carbocycles. The zero-order chi connectivity index (χ0) is 20.4. The molecular formula is C23H22FN5. The molecule has 6 heteroatoms. The Morgan fingerprint density at radius 3 is 2.52 bits per heavy atom. The van der Waals surface area contributed by atoms with Crippen LogP contribution in [0.3, 0.4) is 0 Å². The molecule has 0 bridgehead atoms. The van der Waals surface area contributed by atoms with Gasteiger partial charge in [-0.15, -0.1) is 10.2 Å². The van der Waals surface area contributed by atoms with Gasteiger partial charge in [-0.05, 0) is 60.9 Å². The number of H-pyrrole nitrogens is 1. The van der Waals surface area contributed by atoms with Crippen molar-refractivity contribution < 1.29 is 4.39 Å². The zero-order valence-electron chi connectivity index (χ0n) is 16.6. The van der Waals surface area contributed by atoms with Crippen molar-refractivity contribution in [2.45, 2.75) is 26.7 Å². The van der Waals surface area contributed by atoms with E-state index in [-0.39, 0.29) is 11.7 Å². The van der Waals surface area contributed by atoms with Crippen LogP contribution in [0.5, 0.6) is 0 Å². The van der Waals surface area contributed by atoms with Gasteiger partial charge in [0, 0.05) is 17.8 Å². The second-order valence-electron chi connectivity index (χ2n) is 7.17. The molecule has 0 saturated heterocycles. The highest BCUT2D eigenvalue weighted by Crippen LogP contribution is 2.22. The maximum absolute atomic E-state index is 13.1. The molecule has 0 saturated carbocycles. The number of hydrogen-bond acceptors (Lipinski definition) is 3. The van der Waals surface area contributed by atoms with Crippen LogP contribution in [-0.2, 0) is 0 Å². The van der Waals surface area contributed by atoms with Crippen molar-refractivity contribution in [3.05, 3.63) is 94.8 Å². The minimum Gasteiger partial charge on any atom is -0.325 e. The molecule has 29 heavy (non-hydrogen) atoms. The number of nitrogens with zero attached hydrogens (tertiary/aromatic N) is 4. The molecule has 2 aromatic heterocycles. The third-order valence-electron chi connectivity index (χ3n) is 4.95. The molecule has 0 fully saturated rings. The Bertz CT molecular complexity index is 1150. The fraction of sp³-hybridized carbons (Fsp3) is 0.174. The van der Waals surface area contributed by atoms with E-state index < -0.39 is 0 Å². The predicted octanol–water partition coefficient (Wildman–Crippen LogP) is 5.07. The van der Waals surface area contributed by atoms with Crippen molar-refractivity contribution >= 4 is 12.2 Å². The molecule has 0 radical (unpaired) electrons. The molecule has 0 aliphatic rings. The lowest BCUT2D eigenvalue weighted by molar-refractivity contribution is 0.626. The minimum atomic E-state index is -0.244. The van der Waals surface area contributed by atoms with E-state index in [0.29, 0.717) is 5.82 Å². The number of aromatic nitrogens is 5. The number of aryl methyl sites for hydroxylation is 2. The summed E-state index contributed by atoms with van der Waals surface area (Å²) in [6.07, 6.45) is 7.74. The van der Waals surface area contributed by atoms with E-state index in [9.17, 15) is 4.39 Å². The van der Waals surface area contributed by atoms with Gasteiger partial charge in [0.25, 0.3) is 0 Å². The monoisotopic (exact) mass is 387 g/mol. The lowest BCUT2D eigenvalue weighted by Gasteiger charge is -2.07. The first kappa shape index (κ1) is 18.8. The van der Waals surface area contributed by atoms with Crippen molar-refractivity contribution in [3.63, 3.8) is 0 Å². The maximum atomic E-state index is 13.1. The molecule has 0 amide bonds. The van der Waals surface area contributed by atoms with Gasteiger partial charge in [0.05, 0.1) is 12.0 Å². The van der Waals surface area contributed by atoms with Crippen molar-refractivity contribution in [1.29, 1.82) is 0 Å². The summed E-state index contributed by atoms with van der Waals surface area (Å²) >= 11 is 0. The van der Waals surface area contributed by atoms with Gasteiger partial charge < -0.3 is 9.55 Å². The third kappa shape index (κ3) is 4.16. The summed E-state index contributed by atoms with van der Waals surface area (Å²) in [6.45, 7) is 6.08. The van der Waals surface area contributed by atoms with Crippen molar-refractivity contribution in [1.82, 2.24) is 24.7 Å². The van der Waals surface area contributed by atoms with Crippen LogP contribution in [0.4, 0.5) is 4.39 Å². The predicted molar refractivity (Wildman–Crippen MR) is 112 cm³/mol. The summed E-state index contributed by atoms with van der Waals surface area (Å²) < 4.78 is 15.1. The number of benzene rings is 2. The molecule has 0 aliphatic heterocycles. The molecule has 1 N–H and O–H groups in total. The number of rotatable bonds is 5. The summed E-state index contributed by atoms with van der Waals surface area (Å²) in [4.78, 5) is 7.52. The van der Waals surface area contributed by atoms with Crippen molar-refractivity contribution in [2.24, 2.45) is 0 Å². The first-order valence-electron chi connectivity index (χ1n) is 9.47. The fourth-order valence-electron chi connectivity index (χ4n) is 3.27. The van der Waals surface area contributed by atoms with Crippen LogP contribution in [0.1, 0.15) is 46.9 Å². The zero-order valence-corrected chi connectivity index (χ0v) is 16.6. The lowest BCUT2D eigenvalue weighted by Crippen LogP contribution is -1.98. The van der Waals surface area contributed by atoms with Crippen LogP contribution >= 0.6 is 0 Å². The molecule has 2 heterocycles. The van der Waals surface area contributed by atoms with E-state index in [2.05, 4.69) is 45.3 Å². The summed E-state index contributed by atoms with van der Waals surface area (Å²) in [7, 11) is 0. The Morgan fingerprint density at radius 1 is 1.03 bits per heavy atom. The second-order valence-corrected chi connectivity index (χ2v) is 7.17. The summed E-state index contributed by atoms with van der Waals surface area (Å²) in [5.41, 5.74) is 5.32. The number of halogens is 1. The molecule has 1 atom stereocenters. The van der Waals surface area contributed by atoms with Gasteiger partial charge in [-0.1, -0.05) is 31.2 Å². The molecule has 5 nitrogen and oxygen atoms in total. The quantitative estimate of drug-likeness (QED) is 0.520. The molecular weight excluding hydrogens is 365 g/mol. The first-order chi connectivity index (χ1) is 14.0. The van der Waals surface area contributed by atoms with Crippen LogP contribution in [0.2, 0.25) is 0 Å². The van der Waals surface area contributed by atoms with Gasteiger partial charge >= 0.3 is 0 Å². The van der Waals surface area contributed by atoms with Crippen LogP contribution < -0.4 is 0 Å². The Morgan fingerprint density at radius 2 is 1.83 bits per heavy atom. The fourth-order valence-corrected chi connectivity index (χ4v) is 3.27. The van der Waals surface area contributed by atoms with Crippen LogP contribution in [-0.4, -0.2) is 24.7 Å². The highest BCUT2D eigenvalue weighted by Gasteiger charge is 2.13. The largest absolute Gasteiger partial charge is 0.325 e. The summed E-state index contributed by atoms with van der Waals surface area (Å²) in [6, 6.07) is 12.7. The minimum absolute atomic E-state index is 0.00501. The summed E-state index contributed by atoms with van der Waals surface area (Å²) in [5, 5.41) is 8.45. The molecule has 146 valence electrons. The van der Waals surface area contributed by atoms with Gasteiger partial charge in [-0.25, -0.2) is 9.37 Å². The Hall–Kier alpha value is -3.54. The highest BCUT2D eigenvalue weighted by molar-refractivity contribution is 5.68. The van der Waals surface area contributed by atoms with E-state index >= 15 is 0 Å². The summed E-state index contributed by atoms with van der Waals surface area (Å²) in [5.74, 6) is 1.19. The van der Waals surface area contributed by atoms with Crippen LogP contribution in [0, 0.1) is 19.7 Å². The van der Waals surface area contributed by atoms with Crippen LogP contribution in [0.25, 0.3) is 17.8 Å². The van der Waals surface area contributed by atoms with Crippen molar-refractivity contribution in [3.8, 4) is 5.69 Å². The second kappa shape index (κ2) is 7.83. The third-order valence-corrected chi connectivity index (χ3v) is 4.95. The normalized spacial score (nSPS) is 12.6. The Labute approximate surface area is 169 Å². The van der Waals surface area contributed by atoms with E-state index in [4.69, 9.17) is 0 Å². The standard InChI is InChI=1S/C23H22FN5/c1-15-12-18(4-10-21(15)29-13-16(2)25-14-29)5-11-22-26-23(28-27-22)17(3)19-6-8-20(24)9-7-19/h4-14,17H,1-3H3,(H,26,27,28)/b11-5+/t17-/m1/s1. The number of nitrogens with one attached hydrogen (secondary N) is 1. The lowest BCUT2D eigenvalue weighted by atomic mass is 10.0. The van der Waals surface area contributed by atoms with E-state index in [1.165, 1.54) is 12.1 Å². The van der Waals surface area contributed by atoms with Gasteiger partial charge in [0.1, 0.15) is 11.6 Å². The molecule has 4 rings (SSSR count). The van der Waals surface area contributed by atoms with Crippen LogP contribution in [0.15, 0.2) is 55.0 Å². The van der Waals surface area contributed by atoms with E-state index in [0.717, 1.165) is 33.9 Å². The van der Waals surface area contributed by atoms with E-state index in [1.54, 1.807) is 12.1 Å². The average molecular weight is 387 g/mol. The highest BCUT2D eigenvalue weighted by atomic mass is 19.1. The maximum Gasteiger partial charge on any atom is 0.154 e. The first-order valence-corrected chi connectivity index (χ1v) is 9.47. The number of aromatic amines is 1. The Balaban J connectivity index is 1.50. The van der Waals surface area contributed by atoms with Gasteiger partial charge in [-0.3, -0.25) is 0 Å². The van der Waals surface area contributed by atoms with Crippen molar-refractivity contribution in [2.75, 3.05) is 0 Å². The van der Waals surface area contributed by atoms with Gasteiger partial charge in [0.2, 0.25) is 0 Å². The number of imidazole rings is 1. The SMILES string of the molecule is Cc1cn(-c2ccc(/C=C/c3nnc([C@H](C)c4ccc(F)cc4)[nH]3)cc2C)cn1. The molecule has 2 aromatic carbocycles. The molecule has 0 spiro atoms. The Kier molecular flexibility index (Phi) is 5.08. The topological polar surface area (TPSA) is 59.4 Å².